The Morgan fingerprint density at radius 1 is 1.02 bits per heavy atom. The molecule has 11 heteroatoms. The van der Waals surface area contributed by atoms with Gasteiger partial charge in [-0.3, -0.25) is 14.4 Å². The molecule has 45 heavy (non-hydrogen) atoms. The number of ether oxygens (including phenoxy) is 1. The average Bonchev–Trinajstić information content (AvgIpc) is 3.70. The molecule has 1 aromatic heterocycles. The fourth-order valence-electron chi connectivity index (χ4n) is 7.90. The number of halogens is 1. The van der Waals surface area contributed by atoms with Crippen LogP contribution in [0.15, 0.2) is 60.8 Å². The maximum atomic E-state index is 15.6. The minimum atomic E-state index is -2.97. The number of rotatable bonds is 11. The molecule has 0 saturated carbocycles. The van der Waals surface area contributed by atoms with E-state index in [1.54, 1.807) is 17.8 Å². The number of carbonyl (C=O) groups is 1. The van der Waals surface area contributed by atoms with Crippen LogP contribution in [-0.4, -0.2) is 78.5 Å². The predicted molar refractivity (Wildman–Crippen MR) is 176 cm³/mol. The van der Waals surface area contributed by atoms with Crippen molar-refractivity contribution in [2.75, 3.05) is 36.2 Å². The van der Waals surface area contributed by atoms with Crippen molar-refractivity contribution in [3.8, 4) is 0 Å². The lowest BCUT2D eigenvalue weighted by Crippen LogP contribution is -2.55. The van der Waals surface area contributed by atoms with E-state index in [4.69, 9.17) is 9.84 Å². The Balaban J connectivity index is 1.10. The molecule has 0 aliphatic carbocycles. The SMILES string of the molecule is C[C@@H]1[C@@H]([Si](C)(C)F)[C@H](CCn2cc(CCO)nn2)O[C@@H]1CCc1ccc(N2CN(c3ccccc3)C3(CCNCC3)C2=O)cc1. The van der Waals surface area contributed by atoms with Crippen molar-refractivity contribution in [2.24, 2.45) is 5.92 Å². The molecule has 3 aromatic rings. The fraction of sp³-hybridized carbons (Fsp3) is 0.559. The maximum Gasteiger partial charge on any atom is 0.254 e. The average molecular weight is 635 g/mol. The number of benzene rings is 2. The lowest BCUT2D eigenvalue weighted by Gasteiger charge is -2.39. The van der Waals surface area contributed by atoms with Crippen LogP contribution in [0, 0.1) is 5.92 Å². The number of hydrogen-bond acceptors (Lipinski definition) is 7. The summed E-state index contributed by atoms with van der Waals surface area (Å²) < 4.78 is 24.0. The highest BCUT2D eigenvalue weighted by molar-refractivity contribution is 6.72. The van der Waals surface area contributed by atoms with Gasteiger partial charge in [0.1, 0.15) is 5.54 Å². The Hall–Kier alpha value is -3.12. The van der Waals surface area contributed by atoms with Crippen molar-refractivity contribution >= 4 is 25.7 Å². The zero-order chi connectivity index (χ0) is 31.6. The second kappa shape index (κ2) is 13.3. The van der Waals surface area contributed by atoms with Crippen LogP contribution in [0.1, 0.15) is 43.9 Å². The van der Waals surface area contributed by atoms with E-state index in [2.05, 4.69) is 63.9 Å². The van der Waals surface area contributed by atoms with Gasteiger partial charge in [0.2, 0.25) is 8.41 Å². The number of aliphatic hydroxyl groups is 1. The summed E-state index contributed by atoms with van der Waals surface area (Å²) in [7, 11) is -2.97. The van der Waals surface area contributed by atoms with E-state index >= 15 is 4.11 Å². The van der Waals surface area contributed by atoms with Crippen molar-refractivity contribution < 1.29 is 18.7 Å². The van der Waals surface area contributed by atoms with Crippen LogP contribution >= 0.6 is 0 Å². The summed E-state index contributed by atoms with van der Waals surface area (Å²) in [4.78, 5) is 18.2. The van der Waals surface area contributed by atoms with Gasteiger partial charge < -0.3 is 24.2 Å². The van der Waals surface area contributed by atoms with Gasteiger partial charge >= 0.3 is 0 Å². The number of para-hydroxylation sites is 1. The quantitative estimate of drug-likeness (QED) is 0.233. The summed E-state index contributed by atoms with van der Waals surface area (Å²) in [6.07, 6.45) is 6.08. The summed E-state index contributed by atoms with van der Waals surface area (Å²) in [6, 6.07) is 18.7. The first-order chi connectivity index (χ1) is 21.7. The number of carbonyl (C=O) groups excluding carboxylic acids is 1. The third-order valence-electron chi connectivity index (χ3n) is 10.2. The van der Waals surface area contributed by atoms with Gasteiger partial charge in [0.05, 0.1) is 24.6 Å². The van der Waals surface area contributed by atoms with Crippen LogP contribution in [0.5, 0.6) is 0 Å². The van der Waals surface area contributed by atoms with Gasteiger partial charge in [0.15, 0.2) is 0 Å². The molecule has 3 aliphatic heterocycles. The topological polar surface area (TPSA) is 95.8 Å². The number of amides is 1. The van der Waals surface area contributed by atoms with Crippen LogP contribution in [0.25, 0.3) is 0 Å². The normalized spacial score (nSPS) is 25.0. The van der Waals surface area contributed by atoms with Gasteiger partial charge in [0.25, 0.3) is 5.91 Å². The van der Waals surface area contributed by atoms with Crippen LogP contribution in [0.3, 0.4) is 0 Å². The molecule has 9 nitrogen and oxygen atoms in total. The van der Waals surface area contributed by atoms with E-state index in [-0.39, 0.29) is 36.2 Å². The van der Waals surface area contributed by atoms with Gasteiger partial charge in [-0.2, -0.15) is 0 Å². The van der Waals surface area contributed by atoms with E-state index in [1.165, 1.54) is 5.56 Å². The van der Waals surface area contributed by atoms with E-state index in [9.17, 15) is 4.79 Å². The fourth-order valence-corrected chi connectivity index (χ4v) is 10.5. The molecule has 3 fully saturated rings. The molecule has 4 heterocycles. The summed E-state index contributed by atoms with van der Waals surface area (Å²) in [6.45, 7) is 8.60. The number of nitrogens with zero attached hydrogens (tertiary/aromatic N) is 5. The largest absolute Gasteiger partial charge is 0.396 e. The molecule has 2 aromatic carbocycles. The second-order valence-electron chi connectivity index (χ2n) is 13.5. The highest BCUT2D eigenvalue weighted by atomic mass is 28.4. The van der Waals surface area contributed by atoms with Gasteiger partial charge in [-0.05, 0) is 94.0 Å². The molecule has 0 bridgehead atoms. The third kappa shape index (κ3) is 6.58. The Bertz CT molecular complexity index is 1430. The van der Waals surface area contributed by atoms with Crippen LogP contribution in [0.2, 0.25) is 18.6 Å². The first kappa shape index (κ1) is 31.8. The first-order valence-corrected chi connectivity index (χ1v) is 19.4. The summed E-state index contributed by atoms with van der Waals surface area (Å²) in [5.74, 6) is 0.313. The monoisotopic (exact) mass is 634 g/mol. The summed E-state index contributed by atoms with van der Waals surface area (Å²) >= 11 is 0. The molecule has 2 N–H and O–H groups in total. The Kier molecular flexibility index (Phi) is 9.42. The molecule has 3 aliphatic rings. The van der Waals surface area contributed by atoms with Crippen molar-refractivity contribution in [2.45, 2.75) is 88.4 Å². The first-order valence-electron chi connectivity index (χ1n) is 16.5. The molecule has 1 spiro atoms. The molecular formula is C34H47FN6O3Si. The van der Waals surface area contributed by atoms with Crippen LogP contribution in [0.4, 0.5) is 15.5 Å². The lowest BCUT2D eigenvalue weighted by molar-refractivity contribution is -0.122. The van der Waals surface area contributed by atoms with Gasteiger partial charge in [0, 0.05) is 42.7 Å². The van der Waals surface area contributed by atoms with E-state index in [0.29, 0.717) is 26.1 Å². The zero-order valence-corrected chi connectivity index (χ0v) is 27.7. The zero-order valence-electron chi connectivity index (χ0n) is 26.7. The van der Waals surface area contributed by atoms with Crippen molar-refractivity contribution in [3.63, 3.8) is 0 Å². The van der Waals surface area contributed by atoms with Crippen molar-refractivity contribution in [3.05, 3.63) is 72.1 Å². The van der Waals surface area contributed by atoms with Gasteiger partial charge in [-0.1, -0.05) is 42.5 Å². The molecule has 0 radical (unpaired) electrons. The molecule has 1 amide bonds. The second-order valence-corrected chi connectivity index (χ2v) is 17.3. The Morgan fingerprint density at radius 3 is 2.44 bits per heavy atom. The molecule has 6 rings (SSSR count). The molecule has 242 valence electrons. The highest BCUT2D eigenvalue weighted by Crippen LogP contribution is 2.47. The third-order valence-corrected chi connectivity index (χ3v) is 12.7. The summed E-state index contributed by atoms with van der Waals surface area (Å²) in [5, 5.41) is 20.9. The van der Waals surface area contributed by atoms with Gasteiger partial charge in [-0.25, -0.2) is 0 Å². The van der Waals surface area contributed by atoms with Crippen LogP contribution in [-0.2, 0) is 28.9 Å². The number of aryl methyl sites for hydroxylation is 2. The molecule has 0 unspecified atom stereocenters. The van der Waals surface area contributed by atoms with E-state index < -0.39 is 13.9 Å². The number of hydrogen-bond donors (Lipinski definition) is 2. The number of anilines is 2. The Labute approximate surface area is 266 Å². The minimum absolute atomic E-state index is 0.0118. The number of aliphatic hydroxyl groups excluding tert-OH is 1. The van der Waals surface area contributed by atoms with Crippen LogP contribution < -0.4 is 15.1 Å². The van der Waals surface area contributed by atoms with E-state index in [0.717, 1.165) is 55.8 Å². The van der Waals surface area contributed by atoms with Gasteiger partial charge in [-0.15, -0.1) is 5.10 Å². The summed E-state index contributed by atoms with van der Waals surface area (Å²) in [5.41, 5.74) is 3.35. The number of piperidine rings is 1. The van der Waals surface area contributed by atoms with Crippen molar-refractivity contribution in [1.82, 2.24) is 20.3 Å². The standard InChI is InChI=1S/C34H47FN6O3Si/c1-25-30(44-31(32(25)45(2,3)35)15-21-39-23-27(16-22-42)37-38-39)14-11-26-9-12-28(13-10-26)40-24-41(29-7-5-4-6-8-29)34(33(40)43)17-19-36-20-18-34/h4-10,12-13,23,25,30-32,36,42H,11,14-22,24H2,1-3H3/t25-,30+,31-,32+/m0/s1. The number of aromatic nitrogens is 3. The molecule has 4 atom stereocenters. The van der Waals surface area contributed by atoms with E-state index in [1.807, 2.05) is 29.3 Å². The smallest absolute Gasteiger partial charge is 0.254 e. The minimum Gasteiger partial charge on any atom is -0.396 e. The Morgan fingerprint density at radius 2 is 1.76 bits per heavy atom. The molecule has 3 saturated heterocycles. The number of nitrogens with one attached hydrogen (secondary N) is 1. The highest BCUT2D eigenvalue weighted by Gasteiger charge is 2.53. The lowest BCUT2D eigenvalue weighted by atomic mass is 9.86. The predicted octanol–water partition coefficient (Wildman–Crippen LogP) is 4.72. The maximum absolute atomic E-state index is 15.6. The molecular weight excluding hydrogens is 587 g/mol. The van der Waals surface area contributed by atoms with Crippen molar-refractivity contribution in [1.29, 1.82) is 0 Å².